The number of phenols is 1. The molecule has 13 nitrogen and oxygen atoms in total. The number of rotatable bonds is 5. The van der Waals surface area contributed by atoms with E-state index in [0.29, 0.717) is 21.6 Å². The highest BCUT2D eigenvalue weighted by Gasteiger charge is 2.64. The minimum atomic E-state index is -5.11. The Morgan fingerprint density at radius 1 is 1.04 bits per heavy atom. The number of likely N-dealkylation sites (tertiary alicyclic amines) is 1. The van der Waals surface area contributed by atoms with E-state index in [1.165, 1.54) is 37.2 Å². The van der Waals surface area contributed by atoms with Crippen molar-refractivity contribution in [1.82, 2.24) is 9.80 Å². The third-order valence-electron chi connectivity index (χ3n) is 10.1. The number of alkyl halides is 3. The van der Waals surface area contributed by atoms with Gasteiger partial charge in [0.05, 0.1) is 11.6 Å². The minimum Gasteiger partial charge on any atom is -0.508 e. The fourth-order valence-corrected chi connectivity index (χ4v) is 7.92. The maximum Gasteiger partial charge on any atom is 0.471 e. The molecular weight excluding hydrogens is 665 g/mol. The summed E-state index contributed by atoms with van der Waals surface area (Å²) in [6.07, 6.45) is -4.86. The van der Waals surface area contributed by atoms with Crippen LogP contribution >= 0.6 is 0 Å². The summed E-state index contributed by atoms with van der Waals surface area (Å²) in [7, 11) is 3.00. The van der Waals surface area contributed by atoms with Crippen LogP contribution in [0.1, 0.15) is 30.4 Å². The Hall–Kier alpha value is -5.22. The summed E-state index contributed by atoms with van der Waals surface area (Å²) >= 11 is 0. The number of carbonyl (C=O) groups excluding carboxylic acids is 5. The number of amides is 3. The maximum atomic E-state index is 14.0. The maximum absolute atomic E-state index is 14.0. The average molecular weight is 699 g/mol. The minimum absolute atomic E-state index is 0.0432. The molecule has 4 aliphatic rings. The van der Waals surface area contributed by atoms with E-state index in [1.807, 2.05) is 0 Å². The second-order valence-electron chi connectivity index (χ2n) is 13.2. The molecule has 2 fully saturated rings. The predicted octanol–water partition coefficient (Wildman–Crippen LogP) is 2.12. The van der Waals surface area contributed by atoms with Crippen LogP contribution < -0.4 is 11.1 Å². The standard InChI is InChI=1S/C34H33F3N4O9/c1-40(2)25-19-13-15-12-18-17(14-5-7-16(8-6-14)39-31(48)20-4-3-11-41(20)32(49)34(35,36)37)9-10-21(42)23(18)26(43)22(15)28(45)33(19,50)29(46)24(27(25)44)30(38)47/h5-10,15,19-20,25,42-43,46,50H,3-4,11-13H2,1-2H3,(H2,38,47)(H,39,48)/t15-,19-,20?,25-,33-/m0/s1. The molecule has 5 atom stereocenters. The first-order valence-corrected chi connectivity index (χ1v) is 15.7. The van der Waals surface area contributed by atoms with Gasteiger partial charge in [-0.15, -0.1) is 0 Å². The molecular formula is C34H33F3N4O9. The number of phenolic OH excluding ortho intramolecular Hbond substituents is 1. The van der Waals surface area contributed by atoms with Crippen molar-refractivity contribution in [3.8, 4) is 16.9 Å². The van der Waals surface area contributed by atoms with E-state index < -0.39 is 87.8 Å². The van der Waals surface area contributed by atoms with Crippen molar-refractivity contribution < 1.29 is 57.6 Å². The number of nitrogens with one attached hydrogen (secondary N) is 1. The number of halogens is 3. The number of benzene rings is 2. The van der Waals surface area contributed by atoms with Crippen LogP contribution in [0.15, 0.2) is 53.3 Å². The smallest absolute Gasteiger partial charge is 0.471 e. The van der Waals surface area contributed by atoms with Crippen LogP contribution in [0.25, 0.3) is 16.9 Å². The number of likely N-dealkylation sites (N-methyl/N-ethyl adjacent to an activating group) is 1. The SMILES string of the molecule is CN(C)[C@@H]1C(=O)C(C(N)=O)=C(O)[C@@]2(O)C(=O)C3=C(O)c4c(O)ccc(-c5ccc(NC(=O)C6CCCN6C(=O)C(F)(F)F)cc5)c4C[C@H]3C[C@@H]12. The Balaban J connectivity index is 1.34. The van der Waals surface area contributed by atoms with Crippen molar-refractivity contribution in [2.24, 2.45) is 17.6 Å². The number of fused-ring (bicyclic) bond motifs is 3. The van der Waals surface area contributed by atoms with Gasteiger partial charge in [0.25, 0.3) is 5.91 Å². The molecule has 1 heterocycles. The Morgan fingerprint density at radius 3 is 2.30 bits per heavy atom. The van der Waals surface area contributed by atoms with E-state index in [0.717, 1.165) is 0 Å². The number of anilines is 1. The summed E-state index contributed by atoms with van der Waals surface area (Å²) in [5.41, 5.74) is 2.97. The second-order valence-corrected chi connectivity index (χ2v) is 13.2. The van der Waals surface area contributed by atoms with Crippen molar-refractivity contribution in [2.75, 3.05) is 26.0 Å². The molecule has 0 aromatic heterocycles. The zero-order chi connectivity index (χ0) is 36.6. The Labute approximate surface area is 282 Å². The zero-order valence-corrected chi connectivity index (χ0v) is 26.7. The molecule has 3 aliphatic carbocycles. The van der Waals surface area contributed by atoms with Crippen molar-refractivity contribution in [1.29, 1.82) is 0 Å². The summed E-state index contributed by atoms with van der Waals surface area (Å²) < 4.78 is 39.1. The molecule has 2 aromatic rings. The molecule has 1 unspecified atom stereocenters. The summed E-state index contributed by atoms with van der Waals surface area (Å²) in [6.45, 7) is -0.199. The van der Waals surface area contributed by atoms with Crippen LogP contribution in [-0.4, -0.2) is 104 Å². The quantitative estimate of drug-likeness (QED) is 0.251. The van der Waals surface area contributed by atoms with Crippen molar-refractivity contribution in [3.05, 3.63) is 64.4 Å². The number of hydrogen-bond acceptors (Lipinski definition) is 10. The van der Waals surface area contributed by atoms with Gasteiger partial charge in [-0.2, -0.15) is 13.2 Å². The number of aliphatic hydroxyl groups excluding tert-OH is 2. The second kappa shape index (κ2) is 12.0. The predicted molar refractivity (Wildman–Crippen MR) is 169 cm³/mol. The molecule has 0 bridgehead atoms. The van der Waals surface area contributed by atoms with E-state index in [9.17, 15) is 57.6 Å². The lowest BCUT2D eigenvalue weighted by atomic mass is 9.57. The van der Waals surface area contributed by atoms with Crippen LogP contribution in [0.3, 0.4) is 0 Å². The van der Waals surface area contributed by atoms with E-state index in [4.69, 9.17) is 5.73 Å². The summed E-state index contributed by atoms with van der Waals surface area (Å²) in [5, 5.41) is 47.7. The van der Waals surface area contributed by atoms with Gasteiger partial charge in [-0.05, 0) is 80.6 Å². The normalized spacial score (nSPS) is 26.5. The number of carbonyl (C=O) groups is 5. The number of Topliss-reactive ketones (excluding diaryl/α,β-unsaturated/α-hetero) is 2. The fourth-order valence-electron chi connectivity index (χ4n) is 7.92. The monoisotopic (exact) mass is 698 g/mol. The highest BCUT2D eigenvalue weighted by molar-refractivity contribution is 6.24. The Morgan fingerprint density at radius 2 is 1.70 bits per heavy atom. The number of ketones is 2. The van der Waals surface area contributed by atoms with Crippen molar-refractivity contribution in [2.45, 2.75) is 49.5 Å². The molecule has 0 radical (unpaired) electrons. The lowest BCUT2D eigenvalue weighted by molar-refractivity contribution is -0.186. The molecule has 50 heavy (non-hydrogen) atoms. The molecule has 3 amide bonds. The average Bonchev–Trinajstić information content (AvgIpc) is 3.52. The number of aliphatic hydroxyl groups is 3. The highest BCUT2D eigenvalue weighted by Crippen LogP contribution is 2.53. The molecule has 1 saturated heterocycles. The summed E-state index contributed by atoms with van der Waals surface area (Å²) in [4.78, 5) is 66.1. The van der Waals surface area contributed by atoms with E-state index in [-0.39, 0.29) is 49.1 Å². The topological polar surface area (TPSA) is 211 Å². The third kappa shape index (κ3) is 5.20. The zero-order valence-electron chi connectivity index (χ0n) is 26.7. The molecule has 6 rings (SSSR count). The van der Waals surface area contributed by atoms with Gasteiger partial charge in [0, 0.05) is 23.7 Å². The Kier molecular flexibility index (Phi) is 8.30. The van der Waals surface area contributed by atoms with E-state index in [1.54, 1.807) is 18.2 Å². The van der Waals surface area contributed by atoms with Crippen LogP contribution in [-0.2, 0) is 30.4 Å². The molecule has 7 N–H and O–H groups in total. The van der Waals surface area contributed by atoms with Crippen molar-refractivity contribution in [3.63, 3.8) is 0 Å². The highest BCUT2D eigenvalue weighted by atomic mass is 19.4. The van der Waals surface area contributed by atoms with Crippen LogP contribution in [0.2, 0.25) is 0 Å². The lowest BCUT2D eigenvalue weighted by Crippen LogP contribution is -2.65. The van der Waals surface area contributed by atoms with Crippen LogP contribution in [0.5, 0.6) is 5.75 Å². The lowest BCUT2D eigenvalue weighted by Gasteiger charge is -2.50. The van der Waals surface area contributed by atoms with Gasteiger partial charge >= 0.3 is 12.1 Å². The van der Waals surface area contributed by atoms with Crippen LogP contribution in [0.4, 0.5) is 18.9 Å². The molecule has 1 saturated carbocycles. The van der Waals surface area contributed by atoms with Gasteiger partial charge in [-0.25, -0.2) is 0 Å². The number of aromatic hydroxyl groups is 1. The largest absolute Gasteiger partial charge is 0.508 e. The van der Waals surface area contributed by atoms with Gasteiger partial charge < -0.3 is 36.4 Å². The van der Waals surface area contributed by atoms with Gasteiger partial charge in [-0.3, -0.25) is 28.9 Å². The summed E-state index contributed by atoms with van der Waals surface area (Å²) in [6, 6.07) is 6.49. The molecule has 16 heteroatoms. The number of nitrogens with two attached hydrogens (primary N) is 1. The molecule has 2 aromatic carbocycles. The fraction of sp³-hybridized carbons (Fsp3) is 0.382. The first kappa shape index (κ1) is 34.6. The molecule has 1 aliphatic heterocycles. The van der Waals surface area contributed by atoms with Gasteiger partial charge in [0.1, 0.15) is 28.9 Å². The number of hydrogen-bond donors (Lipinski definition) is 6. The van der Waals surface area contributed by atoms with Gasteiger partial charge in [0.2, 0.25) is 11.7 Å². The van der Waals surface area contributed by atoms with Crippen molar-refractivity contribution >= 4 is 40.7 Å². The first-order chi connectivity index (χ1) is 23.4. The Bertz CT molecular complexity index is 1920. The van der Waals surface area contributed by atoms with Gasteiger partial charge in [-0.1, -0.05) is 18.2 Å². The summed E-state index contributed by atoms with van der Waals surface area (Å²) in [5.74, 6) is -10.5. The number of primary amides is 1. The molecule has 264 valence electrons. The number of nitrogens with zero attached hydrogens (tertiary/aromatic N) is 2. The van der Waals surface area contributed by atoms with E-state index >= 15 is 0 Å². The third-order valence-corrected chi connectivity index (χ3v) is 10.1. The van der Waals surface area contributed by atoms with Crippen LogP contribution in [0, 0.1) is 11.8 Å². The first-order valence-electron chi connectivity index (χ1n) is 15.7. The van der Waals surface area contributed by atoms with E-state index in [2.05, 4.69) is 5.32 Å². The molecule has 0 spiro atoms. The van der Waals surface area contributed by atoms with Gasteiger partial charge in [0.15, 0.2) is 11.4 Å².